The quantitative estimate of drug-likeness (QED) is 0.763. The molecule has 5 heteroatoms. The van der Waals surface area contributed by atoms with E-state index in [4.69, 9.17) is 15.9 Å². The van der Waals surface area contributed by atoms with Crippen molar-refractivity contribution in [3.8, 4) is 5.75 Å². The Balaban J connectivity index is 0.00000144. The van der Waals surface area contributed by atoms with Gasteiger partial charge in [0.1, 0.15) is 5.75 Å². The Morgan fingerprint density at radius 2 is 2.08 bits per heavy atom. The Bertz CT molecular complexity index is 283. The maximum atomic E-state index is 9.15. The first-order valence-corrected chi connectivity index (χ1v) is 4.29. The van der Waals surface area contributed by atoms with Gasteiger partial charge in [-0.2, -0.15) is 0 Å². The summed E-state index contributed by atoms with van der Waals surface area (Å²) in [7, 11) is 0. The van der Waals surface area contributed by atoms with Crippen LogP contribution in [0, 0.1) is 0 Å². The molecule has 0 aliphatic heterocycles. The van der Waals surface area contributed by atoms with Crippen molar-refractivity contribution in [3.05, 3.63) is 28.2 Å². The van der Waals surface area contributed by atoms with Crippen LogP contribution in [-0.4, -0.2) is 16.8 Å². The second kappa shape index (κ2) is 5.44. The number of hydrogen-bond donors (Lipinski definition) is 3. The molecule has 0 fully saturated rings. The zero-order chi connectivity index (χ0) is 9.14. The van der Waals surface area contributed by atoms with E-state index in [9.17, 15) is 0 Å². The summed E-state index contributed by atoms with van der Waals surface area (Å²) in [5.41, 5.74) is 6.35. The van der Waals surface area contributed by atoms with Gasteiger partial charge in [-0.1, -0.05) is 6.07 Å². The zero-order valence-corrected chi connectivity index (χ0v) is 9.18. The van der Waals surface area contributed by atoms with E-state index in [1.807, 2.05) is 0 Å². The van der Waals surface area contributed by atoms with Crippen molar-refractivity contribution in [2.45, 2.75) is 6.04 Å². The molecule has 0 aromatic heterocycles. The van der Waals surface area contributed by atoms with Gasteiger partial charge in [0, 0.05) is 0 Å². The highest BCUT2D eigenvalue weighted by Gasteiger charge is 2.05. The summed E-state index contributed by atoms with van der Waals surface area (Å²) in [6.45, 7) is -0.1000. The van der Waals surface area contributed by atoms with Crippen LogP contribution in [0.2, 0.25) is 0 Å². The molecule has 3 nitrogen and oxygen atoms in total. The lowest BCUT2D eigenvalue weighted by molar-refractivity contribution is 0.268. The summed E-state index contributed by atoms with van der Waals surface area (Å²) in [6, 6.07) is 4.52. The molecule has 0 radical (unpaired) electrons. The lowest BCUT2D eigenvalue weighted by Crippen LogP contribution is -2.14. The van der Waals surface area contributed by atoms with Crippen LogP contribution in [0.1, 0.15) is 11.6 Å². The fourth-order valence-electron chi connectivity index (χ4n) is 0.859. The number of aliphatic hydroxyl groups excluding tert-OH is 1. The number of rotatable bonds is 2. The van der Waals surface area contributed by atoms with Crippen LogP contribution in [0.4, 0.5) is 0 Å². The molecule has 0 amide bonds. The second-order valence-electron chi connectivity index (χ2n) is 2.50. The predicted molar refractivity (Wildman–Crippen MR) is 57.1 cm³/mol. The first kappa shape index (κ1) is 12.7. The molecule has 1 aromatic carbocycles. The standard InChI is InChI=1S/C8H10BrNO2.ClH/c9-6-3-5(7(10)4-11)1-2-8(6)12;/h1-3,7,11-12H,4,10H2;1H/t7-;/m1./s1. The van der Waals surface area contributed by atoms with Crippen LogP contribution in [0.3, 0.4) is 0 Å². The minimum Gasteiger partial charge on any atom is -0.507 e. The van der Waals surface area contributed by atoms with Crippen molar-refractivity contribution in [2.75, 3.05) is 6.61 Å². The van der Waals surface area contributed by atoms with E-state index in [1.54, 1.807) is 12.1 Å². The van der Waals surface area contributed by atoms with Crippen molar-refractivity contribution in [1.82, 2.24) is 0 Å². The highest BCUT2D eigenvalue weighted by molar-refractivity contribution is 9.10. The maximum absolute atomic E-state index is 9.15. The number of aliphatic hydroxyl groups is 1. The largest absolute Gasteiger partial charge is 0.507 e. The number of benzene rings is 1. The van der Waals surface area contributed by atoms with Gasteiger partial charge in [0.2, 0.25) is 0 Å². The van der Waals surface area contributed by atoms with Gasteiger partial charge in [0.05, 0.1) is 17.1 Å². The SMILES string of the molecule is Cl.N[C@H](CO)c1ccc(O)c(Br)c1. The van der Waals surface area contributed by atoms with E-state index in [0.29, 0.717) is 4.47 Å². The summed E-state index contributed by atoms with van der Waals surface area (Å²) < 4.78 is 0.587. The summed E-state index contributed by atoms with van der Waals surface area (Å²) in [4.78, 5) is 0. The van der Waals surface area contributed by atoms with Gasteiger partial charge in [-0.05, 0) is 33.6 Å². The molecule has 1 atom stereocenters. The van der Waals surface area contributed by atoms with Crippen LogP contribution in [-0.2, 0) is 0 Å². The monoisotopic (exact) mass is 267 g/mol. The molecule has 0 spiro atoms. The Kier molecular flexibility index (Phi) is 5.32. The van der Waals surface area contributed by atoms with E-state index in [1.165, 1.54) is 6.07 Å². The smallest absolute Gasteiger partial charge is 0.129 e. The normalized spacial score (nSPS) is 11.9. The number of aromatic hydroxyl groups is 1. The zero-order valence-electron chi connectivity index (χ0n) is 6.77. The summed E-state index contributed by atoms with van der Waals surface area (Å²) in [5.74, 6) is 0.170. The van der Waals surface area contributed by atoms with Crippen LogP contribution >= 0.6 is 28.3 Å². The molecule has 0 saturated carbocycles. The highest BCUT2D eigenvalue weighted by atomic mass is 79.9. The Morgan fingerprint density at radius 3 is 2.54 bits per heavy atom. The number of phenolic OH excluding ortho intramolecular Hbond substituents is 1. The fourth-order valence-corrected chi connectivity index (χ4v) is 1.26. The van der Waals surface area contributed by atoms with Crippen LogP contribution in [0.25, 0.3) is 0 Å². The summed E-state index contributed by atoms with van der Waals surface area (Å²) in [6.07, 6.45) is 0. The Hall–Kier alpha value is -0.290. The van der Waals surface area contributed by atoms with Crippen LogP contribution in [0.5, 0.6) is 5.75 Å². The third kappa shape index (κ3) is 3.15. The molecule has 4 N–H and O–H groups in total. The van der Waals surface area contributed by atoms with Crippen molar-refractivity contribution in [2.24, 2.45) is 5.73 Å². The molecular formula is C8H11BrClNO2. The van der Waals surface area contributed by atoms with E-state index in [-0.39, 0.29) is 30.8 Å². The van der Waals surface area contributed by atoms with Crippen LogP contribution in [0.15, 0.2) is 22.7 Å². The van der Waals surface area contributed by atoms with Gasteiger partial charge in [0.25, 0.3) is 0 Å². The molecule has 13 heavy (non-hydrogen) atoms. The van der Waals surface area contributed by atoms with Gasteiger partial charge in [-0.3, -0.25) is 0 Å². The van der Waals surface area contributed by atoms with Gasteiger partial charge in [-0.15, -0.1) is 12.4 Å². The van der Waals surface area contributed by atoms with E-state index < -0.39 is 0 Å². The molecule has 74 valence electrons. The predicted octanol–water partition coefficient (Wildman–Crippen LogP) is 1.57. The molecule has 0 aliphatic carbocycles. The minimum absolute atomic E-state index is 0. The molecule has 0 saturated heterocycles. The number of nitrogens with two attached hydrogens (primary N) is 1. The average Bonchev–Trinajstić information content (AvgIpc) is 2.08. The van der Waals surface area contributed by atoms with Crippen molar-refractivity contribution in [1.29, 1.82) is 0 Å². The highest BCUT2D eigenvalue weighted by Crippen LogP contribution is 2.26. The molecule has 1 aromatic rings. The third-order valence-electron chi connectivity index (χ3n) is 1.60. The van der Waals surface area contributed by atoms with Crippen molar-refractivity contribution < 1.29 is 10.2 Å². The molecule has 0 aliphatic rings. The Labute approximate surface area is 91.1 Å². The topological polar surface area (TPSA) is 66.5 Å². The lowest BCUT2D eigenvalue weighted by atomic mass is 10.1. The summed E-state index contributed by atoms with van der Waals surface area (Å²) in [5, 5.41) is 17.9. The molecule has 0 unspecified atom stereocenters. The van der Waals surface area contributed by atoms with Gasteiger partial charge < -0.3 is 15.9 Å². The van der Waals surface area contributed by atoms with Crippen molar-refractivity contribution >= 4 is 28.3 Å². The number of hydrogen-bond acceptors (Lipinski definition) is 3. The lowest BCUT2D eigenvalue weighted by Gasteiger charge is -2.08. The second-order valence-corrected chi connectivity index (χ2v) is 3.35. The number of phenols is 1. The minimum atomic E-state index is -0.387. The van der Waals surface area contributed by atoms with Gasteiger partial charge in [0.15, 0.2) is 0 Å². The fraction of sp³-hybridized carbons (Fsp3) is 0.250. The summed E-state index contributed by atoms with van der Waals surface area (Å²) >= 11 is 3.16. The first-order valence-electron chi connectivity index (χ1n) is 3.50. The van der Waals surface area contributed by atoms with E-state index in [2.05, 4.69) is 15.9 Å². The Morgan fingerprint density at radius 1 is 1.46 bits per heavy atom. The molecule has 1 rings (SSSR count). The molecular weight excluding hydrogens is 257 g/mol. The molecule has 0 bridgehead atoms. The number of halogens is 2. The first-order chi connectivity index (χ1) is 5.65. The van der Waals surface area contributed by atoms with E-state index >= 15 is 0 Å². The van der Waals surface area contributed by atoms with E-state index in [0.717, 1.165) is 5.56 Å². The van der Waals surface area contributed by atoms with Crippen molar-refractivity contribution in [3.63, 3.8) is 0 Å². The van der Waals surface area contributed by atoms with Gasteiger partial charge in [-0.25, -0.2) is 0 Å². The van der Waals surface area contributed by atoms with Gasteiger partial charge >= 0.3 is 0 Å². The average molecular weight is 269 g/mol. The maximum Gasteiger partial charge on any atom is 0.129 e. The molecule has 0 heterocycles. The van der Waals surface area contributed by atoms with Crippen LogP contribution < -0.4 is 5.73 Å². The third-order valence-corrected chi connectivity index (χ3v) is 2.23.